The van der Waals surface area contributed by atoms with Gasteiger partial charge < -0.3 is 25.2 Å². The number of nitrogens with one attached hydrogen (secondary N) is 2. The molecule has 0 bridgehead atoms. The predicted octanol–water partition coefficient (Wildman–Crippen LogP) is 8.07. The van der Waals surface area contributed by atoms with Crippen LogP contribution in [0.5, 0.6) is 0 Å². The van der Waals surface area contributed by atoms with Crippen molar-refractivity contribution in [1.29, 1.82) is 0 Å². The third-order valence-corrected chi connectivity index (χ3v) is 9.30. The van der Waals surface area contributed by atoms with E-state index in [1.165, 1.54) is 6.92 Å². The molecule has 0 saturated carbocycles. The molecule has 5 aromatic rings. The summed E-state index contributed by atoms with van der Waals surface area (Å²) in [5.41, 5.74) is 7.36. The second-order valence-corrected chi connectivity index (χ2v) is 12.8. The molecule has 0 spiro atoms. The summed E-state index contributed by atoms with van der Waals surface area (Å²) in [6, 6.07) is 41.3. The second kappa shape index (κ2) is 15.9. The topological polar surface area (TPSA) is 96.9 Å². The number of thioether (sulfide) groups is 1. The van der Waals surface area contributed by atoms with Crippen LogP contribution in [0, 0.1) is 0 Å². The van der Waals surface area contributed by atoms with Gasteiger partial charge in [0.2, 0.25) is 5.91 Å². The molecule has 3 unspecified atom stereocenters. The van der Waals surface area contributed by atoms with Crippen molar-refractivity contribution in [3.05, 3.63) is 155 Å². The Morgan fingerprint density at radius 2 is 1.50 bits per heavy atom. The van der Waals surface area contributed by atoms with Crippen molar-refractivity contribution in [2.45, 2.75) is 49.9 Å². The van der Waals surface area contributed by atoms with Crippen molar-refractivity contribution in [1.82, 2.24) is 5.32 Å². The Balaban J connectivity index is 1.14. The molecule has 3 N–H and O–H groups in total. The van der Waals surface area contributed by atoms with Crippen molar-refractivity contribution >= 4 is 29.3 Å². The number of aliphatic hydroxyl groups is 1. The van der Waals surface area contributed by atoms with E-state index in [0.29, 0.717) is 18.5 Å². The number of carbonyl (C=O) groups excluding carboxylic acids is 2. The predicted molar refractivity (Wildman–Crippen MR) is 189 cm³/mol. The molecule has 1 fully saturated rings. The minimum atomic E-state index is -0.553. The van der Waals surface area contributed by atoms with Crippen molar-refractivity contribution in [3.8, 4) is 11.1 Å². The summed E-state index contributed by atoms with van der Waals surface area (Å²) in [6.07, 6.45) is -0.111. The SMILES string of the molecule is CC(=O)Nc1ccc(SCC2CC(c3ccc(CO)cc3)OC(c3ccc(-c4cccc(CNC(=O)c5ccccc5)c4)cc3)O2)cc1. The van der Waals surface area contributed by atoms with Gasteiger partial charge >= 0.3 is 0 Å². The Kier molecular flexibility index (Phi) is 11.0. The highest BCUT2D eigenvalue weighted by atomic mass is 32.2. The number of amides is 2. The maximum atomic E-state index is 12.5. The van der Waals surface area contributed by atoms with Crippen LogP contribution in [-0.4, -0.2) is 28.8 Å². The molecular formula is C40H38N2O5S. The summed E-state index contributed by atoms with van der Waals surface area (Å²) >= 11 is 1.71. The fraction of sp³-hybridized carbons (Fsp3) is 0.200. The van der Waals surface area contributed by atoms with Gasteiger partial charge in [0.05, 0.1) is 18.8 Å². The molecule has 7 nitrogen and oxygen atoms in total. The third-order valence-electron chi connectivity index (χ3n) is 8.16. The molecule has 6 rings (SSSR count). The van der Waals surface area contributed by atoms with E-state index in [9.17, 15) is 14.7 Å². The van der Waals surface area contributed by atoms with E-state index >= 15 is 0 Å². The van der Waals surface area contributed by atoms with E-state index in [1.807, 2.05) is 91.0 Å². The first-order valence-corrected chi connectivity index (χ1v) is 17.0. The Hall–Kier alpha value is -4.73. The molecule has 0 aromatic heterocycles. The van der Waals surface area contributed by atoms with Crippen molar-refractivity contribution in [2.24, 2.45) is 0 Å². The number of rotatable bonds is 11. The lowest BCUT2D eigenvalue weighted by molar-refractivity contribution is -0.245. The van der Waals surface area contributed by atoms with Gasteiger partial charge in [-0.3, -0.25) is 9.59 Å². The zero-order valence-corrected chi connectivity index (χ0v) is 27.5. The molecule has 48 heavy (non-hydrogen) atoms. The monoisotopic (exact) mass is 658 g/mol. The third kappa shape index (κ3) is 8.79. The van der Waals surface area contributed by atoms with Gasteiger partial charge in [-0.2, -0.15) is 0 Å². The summed E-state index contributed by atoms with van der Waals surface area (Å²) in [7, 11) is 0. The lowest BCUT2D eigenvalue weighted by Gasteiger charge is -2.36. The fourth-order valence-electron chi connectivity index (χ4n) is 5.62. The van der Waals surface area contributed by atoms with Crippen molar-refractivity contribution < 1.29 is 24.2 Å². The van der Waals surface area contributed by atoms with Crippen LogP contribution < -0.4 is 10.6 Å². The lowest BCUT2D eigenvalue weighted by Crippen LogP contribution is -2.31. The average molecular weight is 659 g/mol. The van der Waals surface area contributed by atoms with Gasteiger partial charge in [0, 0.05) is 47.4 Å². The van der Waals surface area contributed by atoms with Gasteiger partial charge in [-0.25, -0.2) is 0 Å². The smallest absolute Gasteiger partial charge is 0.251 e. The highest BCUT2D eigenvalue weighted by Crippen LogP contribution is 2.40. The van der Waals surface area contributed by atoms with Crippen LogP contribution >= 0.6 is 11.8 Å². The van der Waals surface area contributed by atoms with E-state index in [2.05, 4.69) is 34.9 Å². The van der Waals surface area contributed by atoms with E-state index in [-0.39, 0.29) is 30.6 Å². The summed E-state index contributed by atoms with van der Waals surface area (Å²) in [6.45, 7) is 1.93. The Labute approximate surface area is 285 Å². The number of benzene rings is 5. The van der Waals surface area contributed by atoms with E-state index in [1.54, 1.807) is 23.9 Å². The van der Waals surface area contributed by atoms with E-state index in [0.717, 1.165) is 49.7 Å². The number of anilines is 1. The van der Waals surface area contributed by atoms with Gasteiger partial charge in [-0.1, -0.05) is 84.9 Å². The molecule has 1 aliphatic rings. The van der Waals surface area contributed by atoms with Gasteiger partial charge in [-0.15, -0.1) is 11.8 Å². The summed E-state index contributed by atoms with van der Waals surface area (Å²) in [5, 5.41) is 15.3. The minimum Gasteiger partial charge on any atom is -0.392 e. The molecule has 1 saturated heterocycles. The first kappa shape index (κ1) is 33.2. The molecule has 0 radical (unpaired) electrons. The highest BCUT2D eigenvalue weighted by molar-refractivity contribution is 7.99. The molecule has 8 heteroatoms. The molecule has 1 heterocycles. The van der Waals surface area contributed by atoms with Crippen LogP contribution in [0.3, 0.4) is 0 Å². The second-order valence-electron chi connectivity index (χ2n) is 11.7. The Morgan fingerprint density at radius 1 is 0.771 bits per heavy atom. The summed E-state index contributed by atoms with van der Waals surface area (Å²) < 4.78 is 13.1. The first-order valence-electron chi connectivity index (χ1n) is 16.0. The summed E-state index contributed by atoms with van der Waals surface area (Å²) in [4.78, 5) is 25.0. The molecular weight excluding hydrogens is 621 g/mol. The molecule has 5 aromatic carbocycles. The molecule has 0 aliphatic carbocycles. The van der Waals surface area contributed by atoms with Crippen LogP contribution in [0.2, 0.25) is 0 Å². The van der Waals surface area contributed by atoms with Crippen LogP contribution in [0.4, 0.5) is 5.69 Å². The number of hydrogen-bond donors (Lipinski definition) is 3. The number of carbonyl (C=O) groups is 2. The van der Waals surface area contributed by atoms with Gasteiger partial charge in [0.25, 0.3) is 5.91 Å². The van der Waals surface area contributed by atoms with Gasteiger partial charge in [0.1, 0.15) is 0 Å². The fourth-order valence-corrected chi connectivity index (χ4v) is 6.54. The minimum absolute atomic E-state index is 0.00485. The van der Waals surface area contributed by atoms with Crippen LogP contribution in [0.15, 0.2) is 132 Å². The number of hydrogen-bond acceptors (Lipinski definition) is 6. The van der Waals surface area contributed by atoms with Crippen LogP contribution in [-0.2, 0) is 27.4 Å². The first-order chi connectivity index (χ1) is 23.4. The zero-order valence-electron chi connectivity index (χ0n) is 26.7. The van der Waals surface area contributed by atoms with Crippen LogP contribution in [0.1, 0.15) is 58.4 Å². The van der Waals surface area contributed by atoms with Gasteiger partial charge in [0.15, 0.2) is 6.29 Å². The van der Waals surface area contributed by atoms with E-state index < -0.39 is 6.29 Å². The molecule has 3 atom stereocenters. The Morgan fingerprint density at radius 3 is 2.21 bits per heavy atom. The molecule has 2 amide bonds. The number of aliphatic hydroxyl groups excluding tert-OH is 1. The summed E-state index contributed by atoms with van der Waals surface area (Å²) in [5.74, 6) is 0.536. The average Bonchev–Trinajstić information content (AvgIpc) is 3.14. The maximum Gasteiger partial charge on any atom is 0.251 e. The molecule has 244 valence electrons. The zero-order chi connectivity index (χ0) is 33.3. The van der Waals surface area contributed by atoms with Crippen LogP contribution in [0.25, 0.3) is 11.1 Å². The van der Waals surface area contributed by atoms with Crippen molar-refractivity contribution in [2.75, 3.05) is 11.1 Å². The Bertz CT molecular complexity index is 1810. The lowest BCUT2D eigenvalue weighted by atomic mass is 9.99. The largest absolute Gasteiger partial charge is 0.392 e. The highest BCUT2D eigenvalue weighted by Gasteiger charge is 2.32. The van der Waals surface area contributed by atoms with E-state index in [4.69, 9.17) is 9.47 Å². The normalized spacial score (nSPS) is 17.4. The standard InChI is InChI=1S/C40H38N2O5S/c1-27(44)42-35-18-20-37(21-19-35)48-26-36-23-38(31-12-10-28(25-43)11-13-31)47-40(46-36)33-16-14-30(15-17-33)34-9-5-6-29(22-34)24-41-39(45)32-7-3-2-4-8-32/h2-22,36,38,40,43H,23-26H2,1H3,(H,41,45)(H,42,44). The quantitative estimate of drug-likeness (QED) is 0.124. The van der Waals surface area contributed by atoms with Crippen molar-refractivity contribution in [3.63, 3.8) is 0 Å². The number of ether oxygens (including phenoxy) is 2. The maximum absolute atomic E-state index is 12.5. The molecule has 1 aliphatic heterocycles. The van der Waals surface area contributed by atoms with Gasteiger partial charge in [-0.05, 0) is 70.3 Å².